The molecule has 2 aliphatic heterocycles. The molecule has 0 saturated carbocycles. The van der Waals surface area contributed by atoms with Crippen molar-refractivity contribution in [3.05, 3.63) is 59.9 Å². The molecule has 31 heavy (non-hydrogen) atoms. The summed E-state index contributed by atoms with van der Waals surface area (Å²) < 4.78 is 19.3. The highest BCUT2D eigenvalue weighted by atomic mass is 19.1. The van der Waals surface area contributed by atoms with Crippen LogP contribution in [0.4, 0.5) is 4.39 Å². The predicted octanol–water partition coefficient (Wildman–Crippen LogP) is 2.80. The molecule has 2 atom stereocenters. The van der Waals surface area contributed by atoms with Gasteiger partial charge in [-0.2, -0.15) is 15.0 Å². The van der Waals surface area contributed by atoms with Crippen LogP contribution in [0, 0.1) is 5.82 Å². The van der Waals surface area contributed by atoms with Gasteiger partial charge in [0.2, 0.25) is 5.91 Å². The van der Waals surface area contributed by atoms with Crippen molar-refractivity contribution in [2.75, 3.05) is 19.7 Å². The van der Waals surface area contributed by atoms with E-state index in [0.29, 0.717) is 37.9 Å². The first-order chi connectivity index (χ1) is 14.9. The van der Waals surface area contributed by atoms with Crippen LogP contribution >= 0.6 is 0 Å². The van der Waals surface area contributed by atoms with Crippen LogP contribution in [0.2, 0.25) is 0 Å². The number of carbonyl (C=O) groups is 1. The Morgan fingerprint density at radius 2 is 1.71 bits per heavy atom. The summed E-state index contributed by atoms with van der Waals surface area (Å²) >= 11 is 0. The summed E-state index contributed by atoms with van der Waals surface area (Å²) in [6.45, 7) is 3.07. The molecule has 2 aliphatic rings. The average Bonchev–Trinajstić information content (AvgIpc) is 3.36. The number of halogens is 1. The van der Waals surface area contributed by atoms with Gasteiger partial charge in [0, 0.05) is 19.5 Å². The van der Waals surface area contributed by atoms with Crippen LogP contribution in [0.15, 0.2) is 48.5 Å². The average molecular weight is 424 g/mol. The van der Waals surface area contributed by atoms with E-state index >= 15 is 0 Å². The Kier molecular flexibility index (Phi) is 4.79. The van der Waals surface area contributed by atoms with E-state index in [1.165, 1.54) is 16.9 Å². The van der Waals surface area contributed by atoms with Crippen molar-refractivity contribution >= 4 is 16.9 Å². The molecule has 2 fully saturated rings. The molecule has 2 saturated heterocycles. The monoisotopic (exact) mass is 424 g/mol. The summed E-state index contributed by atoms with van der Waals surface area (Å²) in [7, 11) is 0. The lowest BCUT2D eigenvalue weighted by molar-refractivity contribution is -0.139. The van der Waals surface area contributed by atoms with Gasteiger partial charge in [0.25, 0.3) is 0 Å². The number of rotatable bonds is 3. The first kappa shape index (κ1) is 20.1. The largest absolute Gasteiger partial charge is 0.383 e. The molecule has 1 spiro atoms. The Hall–Kier alpha value is -2.84. The molecule has 1 N–H and O–H groups in total. The highest BCUT2D eigenvalue weighted by molar-refractivity contribution is 5.80. The summed E-state index contributed by atoms with van der Waals surface area (Å²) in [5, 5.41) is 20.0. The number of nitrogens with zero attached hydrogens (tertiary/aromatic N) is 4. The quantitative estimate of drug-likeness (QED) is 0.699. The third kappa shape index (κ3) is 3.59. The minimum Gasteiger partial charge on any atom is -0.383 e. The number of hydrogen-bond acceptors (Lipinski definition) is 5. The van der Waals surface area contributed by atoms with E-state index in [1.807, 2.05) is 36.1 Å². The number of aromatic nitrogens is 3. The second-order valence-corrected chi connectivity index (χ2v) is 8.70. The summed E-state index contributed by atoms with van der Waals surface area (Å²) in [6.07, 6.45) is 1.72. The van der Waals surface area contributed by atoms with Gasteiger partial charge in [-0.3, -0.25) is 4.79 Å². The van der Waals surface area contributed by atoms with E-state index < -0.39 is 17.2 Å². The first-order valence-electron chi connectivity index (χ1n) is 10.6. The fourth-order valence-electron chi connectivity index (χ4n) is 4.72. The number of carbonyl (C=O) groups excluding carboxylic acids is 1. The highest BCUT2D eigenvalue weighted by Crippen LogP contribution is 2.45. The molecule has 3 heterocycles. The molecule has 7 nitrogen and oxygen atoms in total. The van der Waals surface area contributed by atoms with E-state index in [-0.39, 0.29) is 18.3 Å². The molecule has 0 radical (unpaired) electrons. The van der Waals surface area contributed by atoms with Gasteiger partial charge in [0.05, 0.1) is 12.2 Å². The zero-order chi connectivity index (χ0) is 21.6. The van der Waals surface area contributed by atoms with Gasteiger partial charge < -0.3 is 14.7 Å². The molecule has 2 aromatic carbocycles. The van der Waals surface area contributed by atoms with Gasteiger partial charge in [-0.25, -0.2) is 4.39 Å². The molecule has 2 unspecified atom stereocenters. The van der Waals surface area contributed by atoms with Gasteiger partial charge in [-0.05, 0) is 49.6 Å². The number of fused-ring (bicyclic) bond motifs is 1. The smallest absolute Gasteiger partial charge is 0.249 e. The van der Waals surface area contributed by atoms with Crippen molar-refractivity contribution in [2.24, 2.45) is 0 Å². The van der Waals surface area contributed by atoms with Gasteiger partial charge in [0.1, 0.15) is 28.5 Å². The molecule has 5 rings (SSSR count). The van der Waals surface area contributed by atoms with Gasteiger partial charge in [-0.15, -0.1) is 0 Å². The standard InChI is InChI=1S/C23H25FN4O3/c1-16(28-25-19-4-2-3-5-20(19)26-28)21(29)27-12-10-22(11-13-27)14-23(30,15-31-22)17-6-8-18(24)9-7-17/h2-9,16,30H,10-15H2,1H3. The fraction of sp³-hybridized carbons (Fsp3) is 0.435. The maximum atomic E-state index is 13.3. The van der Waals surface area contributed by atoms with E-state index in [9.17, 15) is 14.3 Å². The Morgan fingerprint density at radius 3 is 2.32 bits per heavy atom. The molecule has 1 amide bonds. The number of benzene rings is 2. The number of hydrogen-bond donors (Lipinski definition) is 1. The summed E-state index contributed by atoms with van der Waals surface area (Å²) in [6, 6.07) is 13.0. The molecule has 162 valence electrons. The number of piperidine rings is 1. The predicted molar refractivity (Wildman–Crippen MR) is 112 cm³/mol. The van der Waals surface area contributed by atoms with Crippen molar-refractivity contribution in [1.29, 1.82) is 0 Å². The van der Waals surface area contributed by atoms with Crippen LogP contribution < -0.4 is 0 Å². The summed E-state index contributed by atoms with van der Waals surface area (Å²) in [5.41, 5.74) is 0.585. The Labute approximate surface area is 179 Å². The Morgan fingerprint density at radius 1 is 1.10 bits per heavy atom. The minimum atomic E-state index is -1.13. The normalized spacial score (nSPS) is 24.0. The molecule has 0 aliphatic carbocycles. The van der Waals surface area contributed by atoms with E-state index in [1.54, 1.807) is 12.1 Å². The van der Waals surface area contributed by atoms with Crippen molar-refractivity contribution in [2.45, 2.75) is 43.4 Å². The maximum Gasteiger partial charge on any atom is 0.249 e. The number of aliphatic hydroxyl groups is 1. The zero-order valence-electron chi connectivity index (χ0n) is 17.4. The van der Waals surface area contributed by atoms with Crippen LogP contribution in [-0.2, 0) is 15.1 Å². The molecule has 8 heteroatoms. The SMILES string of the molecule is CC(C(=O)N1CCC2(CC1)CC(O)(c1ccc(F)cc1)CO2)n1nc2ccccc2n1. The van der Waals surface area contributed by atoms with Crippen molar-refractivity contribution in [1.82, 2.24) is 19.9 Å². The summed E-state index contributed by atoms with van der Waals surface area (Å²) in [4.78, 5) is 16.4. The van der Waals surface area contributed by atoms with Crippen molar-refractivity contribution in [3.63, 3.8) is 0 Å². The highest BCUT2D eigenvalue weighted by Gasteiger charge is 2.51. The number of amides is 1. The molecular weight excluding hydrogens is 399 g/mol. The van der Waals surface area contributed by atoms with Crippen molar-refractivity contribution in [3.8, 4) is 0 Å². The Balaban J connectivity index is 1.24. The van der Waals surface area contributed by atoms with Crippen molar-refractivity contribution < 1.29 is 19.0 Å². The van der Waals surface area contributed by atoms with Crippen LogP contribution in [0.3, 0.4) is 0 Å². The fourth-order valence-corrected chi connectivity index (χ4v) is 4.72. The van der Waals surface area contributed by atoms with Crippen LogP contribution in [0.25, 0.3) is 11.0 Å². The van der Waals surface area contributed by atoms with Crippen LogP contribution in [0.5, 0.6) is 0 Å². The topological polar surface area (TPSA) is 80.5 Å². The summed E-state index contributed by atoms with van der Waals surface area (Å²) in [5.74, 6) is -0.358. The lowest BCUT2D eigenvalue weighted by Crippen LogP contribution is -2.48. The second-order valence-electron chi connectivity index (χ2n) is 8.70. The lowest BCUT2D eigenvalue weighted by atomic mass is 9.80. The van der Waals surface area contributed by atoms with Crippen LogP contribution in [0.1, 0.15) is 37.8 Å². The third-order valence-electron chi connectivity index (χ3n) is 6.61. The number of ether oxygens (including phenoxy) is 1. The second kappa shape index (κ2) is 7.39. The molecular formula is C23H25FN4O3. The minimum absolute atomic E-state index is 0.0260. The van der Waals surface area contributed by atoms with E-state index in [2.05, 4.69) is 10.2 Å². The maximum absolute atomic E-state index is 13.3. The molecule has 1 aromatic heterocycles. The number of likely N-dealkylation sites (tertiary alicyclic amines) is 1. The lowest BCUT2D eigenvalue weighted by Gasteiger charge is -2.39. The van der Waals surface area contributed by atoms with Gasteiger partial charge >= 0.3 is 0 Å². The molecule has 3 aromatic rings. The van der Waals surface area contributed by atoms with E-state index in [0.717, 1.165) is 11.0 Å². The first-order valence-corrected chi connectivity index (χ1v) is 10.6. The Bertz CT molecular complexity index is 1070. The molecule has 0 bridgehead atoms. The van der Waals surface area contributed by atoms with Gasteiger partial charge in [0.15, 0.2) is 0 Å². The zero-order valence-corrected chi connectivity index (χ0v) is 17.4. The van der Waals surface area contributed by atoms with Gasteiger partial charge in [-0.1, -0.05) is 24.3 Å². The van der Waals surface area contributed by atoms with Crippen LogP contribution in [-0.4, -0.2) is 56.2 Å². The third-order valence-corrected chi connectivity index (χ3v) is 6.61. The van der Waals surface area contributed by atoms with E-state index in [4.69, 9.17) is 4.74 Å².